The van der Waals surface area contributed by atoms with Crippen molar-refractivity contribution in [1.82, 2.24) is 5.32 Å². The van der Waals surface area contributed by atoms with E-state index in [9.17, 15) is 4.79 Å². The smallest absolute Gasteiger partial charge is 0.244 e. The van der Waals surface area contributed by atoms with Crippen LogP contribution in [0.25, 0.3) is 6.08 Å². The van der Waals surface area contributed by atoms with Crippen LogP contribution in [0, 0.1) is 0 Å². The van der Waals surface area contributed by atoms with E-state index in [0.29, 0.717) is 16.6 Å². The van der Waals surface area contributed by atoms with Crippen molar-refractivity contribution in [1.29, 1.82) is 0 Å². The van der Waals surface area contributed by atoms with E-state index in [-0.39, 0.29) is 5.91 Å². The largest absolute Gasteiger partial charge is 0.352 e. The van der Waals surface area contributed by atoms with Gasteiger partial charge in [-0.05, 0) is 35.8 Å². The normalized spacial score (nSPS) is 10.8. The number of halogens is 2. The van der Waals surface area contributed by atoms with Gasteiger partial charge in [-0.15, -0.1) is 0 Å². The number of carbonyl (C=O) groups excluding carboxylic acids is 1. The van der Waals surface area contributed by atoms with E-state index in [1.165, 1.54) is 11.6 Å². The lowest BCUT2D eigenvalue weighted by Crippen LogP contribution is -2.23. The summed E-state index contributed by atoms with van der Waals surface area (Å²) in [4.78, 5) is 11.7. The summed E-state index contributed by atoms with van der Waals surface area (Å²) < 4.78 is 0. The van der Waals surface area contributed by atoms with Crippen LogP contribution in [0.1, 0.15) is 11.1 Å². The zero-order valence-corrected chi connectivity index (χ0v) is 12.9. The van der Waals surface area contributed by atoms with Gasteiger partial charge < -0.3 is 5.32 Å². The zero-order valence-electron chi connectivity index (χ0n) is 11.4. The van der Waals surface area contributed by atoms with Crippen LogP contribution in [0.15, 0.2) is 54.6 Å². The van der Waals surface area contributed by atoms with Crippen LogP contribution in [0.5, 0.6) is 0 Å². The molecule has 0 atom stereocenters. The summed E-state index contributed by atoms with van der Waals surface area (Å²) in [5.74, 6) is -0.128. The number of amides is 1. The van der Waals surface area contributed by atoms with E-state index in [1.54, 1.807) is 18.2 Å². The molecule has 0 bridgehead atoms. The SMILES string of the molecule is O=C(/C=C/c1ccc(Cl)c(Cl)c1)NCCc1ccccc1. The molecule has 0 heterocycles. The van der Waals surface area contributed by atoms with Crippen LogP contribution in [-0.2, 0) is 11.2 Å². The Hall–Kier alpha value is -1.77. The van der Waals surface area contributed by atoms with Crippen molar-refractivity contribution < 1.29 is 4.79 Å². The van der Waals surface area contributed by atoms with Crippen LogP contribution in [0.3, 0.4) is 0 Å². The predicted octanol–water partition coefficient (Wildman–Crippen LogP) is 4.37. The third kappa shape index (κ3) is 5.25. The molecule has 0 unspecified atom stereocenters. The predicted molar refractivity (Wildman–Crippen MR) is 88.7 cm³/mol. The Kier molecular flexibility index (Phi) is 5.85. The Bertz CT molecular complexity index is 638. The van der Waals surface area contributed by atoms with Gasteiger partial charge in [0, 0.05) is 12.6 Å². The van der Waals surface area contributed by atoms with E-state index >= 15 is 0 Å². The molecule has 0 radical (unpaired) electrons. The number of rotatable bonds is 5. The minimum atomic E-state index is -0.128. The molecule has 0 fully saturated rings. The third-order valence-electron chi connectivity index (χ3n) is 2.93. The van der Waals surface area contributed by atoms with Crippen LogP contribution in [-0.4, -0.2) is 12.5 Å². The maximum absolute atomic E-state index is 11.7. The van der Waals surface area contributed by atoms with Gasteiger partial charge in [0.05, 0.1) is 10.0 Å². The van der Waals surface area contributed by atoms with Gasteiger partial charge in [-0.3, -0.25) is 4.79 Å². The summed E-state index contributed by atoms with van der Waals surface area (Å²) in [6.45, 7) is 0.606. The molecule has 1 amide bonds. The second-order valence-electron chi connectivity index (χ2n) is 4.53. The monoisotopic (exact) mass is 319 g/mol. The first-order valence-electron chi connectivity index (χ1n) is 6.60. The summed E-state index contributed by atoms with van der Waals surface area (Å²) in [6.07, 6.45) is 4.01. The van der Waals surface area contributed by atoms with E-state index in [2.05, 4.69) is 5.32 Å². The van der Waals surface area contributed by atoms with Gasteiger partial charge >= 0.3 is 0 Å². The number of carbonyl (C=O) groups is 1. The molecular weight excluding hydrogens is 305 g/mol. The topological polar surface area (TPSA) is 29.1 Å². The molecule has 2 aromatic carbocycles. The van der Waals surface area contributed by atoms with E-state index < -0.39 is 0 Å². The maximum atomic E-state index is 11.7. The first-order chi connectivity index (χ1) is 10.1. The molecule has 0 aromatic heterocycles. The second kappa shape index (κ2) is 7.87. The van der Waals surface area contributed by atoms with E-state index in [0.717, 1.165) is 12.0 Å². The van der Waals surface area contributed by atoms with Crippen LogP contribution in [0.4, 0.5) is 0 Å². The fourth-order valence-corrected chi connectivity index (χ4v) is 2.13. The molecule has 0 spiro atoms. The summed E-state index contributed by atoms with van der Waals surface area (Å²) in [6, 6.07) is 15.3. The lowest BCUT2D eigenvalue weighted by molar-refractivity contribution is -0.116. The minimum Gasteiger partial charge on any atom is -0.352 e. The lowest BCUT2D eigenvalue weighted by Gasteiger charge is -2.02. The molecule has 0 saturated heterocycles. The zero-order chi connectivity index (χ0) is 15.1. The highest BCUT2D eigenvalue weighted by atomic mass is 35.5. The first-order valence-corrected chi connectivity index (χ1v) is 7.35. The molecule has 0 aliphatic carbocycles. The van der Waals surface area contributed by atoms with Crippen LogP contribution >= 0.6 is 23.2 Å². The molecule has 0 aliphatic heterocycles. The molecule has 21 heavy (non-hydrogen) atoms. The molecule has 108 valence electrons. The van der Waals surface area contributed by atoms with Crippen molar-refractivity contribution in [2.24, 2.45) is 0 Å². The molecular formula is C17H15Cl2NO. The van der Waals surface area contributed by atoms with Crippen molar-refractivity contribution in [3.8, 4) is 0 Å². The quantitative estimate of drug-likeness (QED) is 0.815. The van der Waals surface area contributed by atoms with Gasteiger partial charge in [0.2, 0.25) is 5.91 Å². The third-order valence-corrected chi connectivity index (χ3v) is 3.67. The van der Waals surface area contributed by atoms with Crippen molar-refractivity contribution in [3.63, 3.8) is 0 Å². The summed E-state index contributed by atoms with van der Waals surface area (Å²) >= 11 is 11.7. The molecule has 2 nitrogen and oxygen atoms in total. The van der Waals surface area contributed by atoms with Crippen molar-refractivity contribution >= 4 is 35.2 Å². The number of nitrogens with one attached hydrogen (secondary N) is 1. The van der Waals surface area contributed by atoms with Crippen molar-refractivity contribution in [2.75, 3.05) is 6.54 Å². The Morgan fingerprint density at radius 1 is 1.05 bits per heavy atom. The first kappa shape index (κ1) is 15.6. The van der Waals surface area contributed by atoms with Gasteiger partial charge in [-0.1, -0.05) is 59.6 Å². The fraction of sp³-hybridized carbons (Fsp3) is 0.118. The van der Waals surface area contributed by atoms with E-state index in [1.807, 2.05) is 36.4 Å². The molecule has 4 heteroatoms. The van der Waals surface area contributed by atoms with Gasteiger partial charge in [-0.2, -0.15) is 0 Å². The molecule has 0 aliphatic rings. The van der Waals surface area contributed by atoms with E-state index in [4.69, 9.17) is 23.2 Å². The Labute approximate surface area is 134 Å². The highest BCUT2D eigenvalue weighted by molar-refractivity contribution is 6.42. The van der Waals surface area contributed by atoms with Crippen LogP contribution < -0.4 is 5.32 Å². The lowest BCUT2D eigenvalue weighted by atomic mass is 10.1. The van der Waals surface area contributed by atoms with Gasteiger partial charge in [0.25, 0.3) is 0 Å². The average Bonchev–Trinajstić information content (AvgIpc) is 2.49. The highest BCUT2D eigenvalue weighted by Crippen LogP contribution is 2.22. The maximum Gasteiger partial charge on any atom is 0.244 e. The van der Waals surface area contributed by atoms with Gasteiger partial charge in [0.15, 0.2) is 0 Å². The number of hydrogen-bond acceptors (Lipinski definition) is 1. The highest BCUT2D eigenvalue weighted by Gasteiger charge is 1.99. The Balaban J connectivity index is 1.81. The molecule has 1 N–H and O–H groups in total. The van der Waals surface area contributed by atoms with Crippen molar-refractivity contribution in [3.05, 3.63) is 75.8 Å². The van der Waals surface area contributed by atoms with Gasteiger partial charge in [0.1, 0.15) is 0 Å². The number of benzene rings is 2. The standard InChI is InChI=1S/C17H15Cl2NO/c18-15-8-6-14(12-16(15)19)7-9-17(21)20-11-10-13-4-2-1-3-5-13/h1-9,12H,10-11H2,(H,20,21)/b9-7+. The molecule has 2 aromatic rings. The number of hydrogen-bond donors (Lipinski definition) is 1. The molecule has 2 rings (SSSR count). The van der Waals surface area contributed by atoms with Gasteiger partial charge in [-0.25, -0.2) is 0 Å². The minimum absolute atomic E-state index is 0.128. The fourth-order valence-electron chi connectivity index (χ4n) is 1.82. The summed E-state index contributed by atoms with van der Waals surface area (Å²) in [7, 11) is 0. The summed E-state index contributed by atoms with van der Waals surface area (Å²) in [5, 5.41) is 3.82. The Morgan fingerprint density at radius 3 is 2.52 bits per heavy atom. The van der Waals surface area contributed by atoms with Crippen LogP contribution in [0.2, 0.25) is 10.0 Å². The molecule has 0 saturated carbocycles. The summed E-state index contributed by atoms with van der Waals surface area (Å²) in [5.41, 5.74) is 2.04. The average molecular weight is 320 g/mol. The Morgan fingerprint density at radius 2 is 1.81 bits per heavy atom. The second-order valence-corrected chi connectivity index (χ2v) is 5.35. The van der Waals surface area contributed by atoms with Crippen molar-refractivity contribution in [2.45, 2.75) is 6.42 Å².